The highest BCUT2D eigenvalue weighted by Gasteiger charge is 2.23. The number of hydrogen-bond donors (Lipinski definition) is 0. The molecule has 61 heavy (non-hydrogen) atoms. The summed E-state index contributed by atoms with van der Waals surface area (Å²) in [5.74, 6) is 1.90. The summed E-state index contributed by atoms with van der Waals surface area (Å²) in [6, 6.07) is 78.2. The van der Waals surface area contributed by atoms with Crippen molar-refractivity contribution >= 4 is 16.3 Å². The summed E-state index contributed by atoms with van der Waals surface area (Å²) in [5.41, 5.74) is 14.7. The first kappa shape index (κ1) is 35.8. The van der Waals surface area contributed by atoms with Crippen molar-refractivity contribution in [2.45, 2.75) is 0 Å². The standard InChI is InChI=1S/C56H37N5/c1-6-19-38(20-7-1)49-37-46-32-18-34-48(50(46)53-51(39-21-8-2-9-22-39)52(60-61(49)53)40-23-10-3-11-24-40)45-31-16-29-43(35-45)44-30-17-33-47(36-44)56-58-54(41-25-12-4-13-26-41)57-55(59-56)42-27-14-5-15-28-42/h1-37H. The Morgan fingerprint density at radius 2 is 0.738 bits per heavy atom. The van der Waals surface area contributed by atoms with Gasteiger partial charge in [-0.1, -0.05) is 206 Å². The van der Waals surface area contributed by atoms with Crippen LogP contribution in [0.5, 0.6) is 0 Å². The van der Waals surface area contributed by atoms with Crippen LogP contribution in [-0.2, 0) is 0 Å². The van der Waals surface area contributed by atoms with E-state index < -0.39 is 0 Å². The van der Waals surface area contributed by atoms with Gasteiger partial charge in [0.2, 0.25) is 0 Å². The molecule has 0 spiro atoms. The fourth-order valence-electron chi connectivity index (χ4n) is 8.36. The molecule has 0 atom stereocenters. The maximum absolute atomic E-state index is 5.48. The van der Waals surface area contributed by atoms with E-state index in [-0.39, 0.29) is 0 Å². The number of fused-ring (bicyclic) bond motifs is 3. The highest BCUT2D eigenvalue weighted by molar-refractivity contribution is 6.14. The summed E-state index contributed by atoms with van der Waals surface area (Å²) in [6.45, 7) is 0. The van der Waals surface area contributed by atoms with Gasteiger partial charge < -0.3 is 0 Å². The van der Waals surface area contributed by atoms with Gasteiger partial charge in [-0.25, -0.2) is 19.5 Å². The lowest BCUT2D eigenvalue weighted by atomic mass is 9.91. The Kier molecular flexibility index (Phi) is 9.10. The summed E-state index contributed by atoms with van der Waals surface area (Å²) < 4.78 is 2.17. The molecule has 0 unspecified atom stereocenters. The molecule has 3 aromatic heterocycles. The van der Waals surface area contributed by atoms with E-state index in [0.717, 1.165) is 88.9 Å². The minimum absolute atomic E-state index is 0.625. The average molecular weight is 780 g/mol. The maximum Gasteiger partial charge on any atom is 0.164 e. The van der Waals surface area contributed by atoms with Gasteiger partial charge in [-0.3, -0.25) is 0 Å². The second kappa shape index (κ2) is 15.5. The van der Waals surface area contributed by atoms with Gasteiger partial charge in [-0.15, -0.1) is 0 Å². The molecule has 0 bridgehead atoms. The molecular weight excluding hydrogens is 743 g/mol. The summed E-state index contributed by atoms with van der Waals surface area (Å²) >= 11 is 0. The molecule has 0 aliphatic heterocycles. The Labute approximate surface area is 354 Å². The summed E-state index contributed by atoms with van der Waals surface area (Å²) in [7, 11) is 0. The molecule has 11 rings (SSSR count). The van der Waals surface area contributed by atoms with Gasteiger partial charge in [0.05, 0.1) is 11.2 Å². The molecule has 8 aromatic carbocycles. The Morgan fingerprint density at radius 1 is 0.311 bits per heavy atom. The van der Waals surface area contributed by atoms with Gasteiger partial charge >= 0.3 is 0 Å². The molecule has 0 saturated carbocycles. The van der Waals surface area contributed by atoms with E-state index in [9.17, 15) is 0 Å². The molecule has 11 aromatic rings. The Bertz CT molecular complexity index is 3270. The maximum atomic E-state index is 5.48. The molecule has 5 heteroatoms. The fourth-order valence-corrected chi connectivity index (χ4v) is 8.36. The zero-order valence-electron chi connectivity index (χ0n) is 33.1. The van der Waals surface area contributed by atoms with E-state index in [2.05, 4.69) is 168 Å². The van der Waals surface area contributed by atoms with E-state index in [1.165, 1.54) is 0 Å². The zero-order chi connectivity index (χ0) is 40.5. The lowest BCUT2D eigenvalue weighted by Crippen LogP contribution is -2.00. The topological polar surface area (TPSA) is 56.0 Å². The van der Waals surface area contributed by atoms with Gasteiger partial charge in [0.25, 0.3) is 0 Å². The van der Waals surface area contributed by atoms with Gasteiger partial charge in [0.1, 0.15) is 5.69 Å². The molecule has 0 N–H and O–H groups in total. The number of nitrogens with zero attached hydrogens (tertiary/aromatic N) is 5. The lowest BCUT2D eigenvalue weighted by molar-refractivity contribution is 0.980. The quantitative estimate of drug-likeness (QED) is 0.154. The van der Waals surface area contributed by atoms with Crippen molar-refractivity contribution in [2.75, 3.05) is 0 Å². The third kappa shape index (κ3) is 6.74. The Morgan fingerprint density at radius 3 is 1.31 bits per heavy atom. The van der Waals surface area contributed by atoms with Crippen molar-refractivity contribution in [1.29, 1.82) is 0 Å². The van der Waals surface area contributed by atoms with Gasteiger partial charge in [-0.2, -0.15) is 5.10 Å². The number of rotatable bonds is 8. The molecule has 0 saturated heterocycles. The number of pyridine rings is 1. The second-order valence-corrected chi connectivity index (χ2v) is 15.1. The first-order chi connectivity index (χ1) is 30.2. The lowest BCUT2D eigenvalue weighted by Gasteiger charge is -2.15. The van der Waals surface area contributed by atoms with E-state index in [1.54, 1.807) is 0 Å². The molecular formula is C56H37N5. The SMILES string of the molecule is c1ccc(-c2nc(-c3ccccc3)nc(-c3cccc(-c4cccc(-c5cccc6cc(-c7ccccc7)n7nc(-c8ccccc8)c(-c8ccccc8)c7c56)c4)c3)n2)cc1. The summed E-state index contributed by atoms with van der Waals surface area (Å²) in [4.78, 5) is 14.9. The first-order valence-electron chi connectivity index (χ1n) is 20.5. The van der Waals surface area contributed by atoms with Crippen LogP contribution in [0, 0.1) is 0 Å². The van der Waals surface area contributed by atoms with E-state index >= 15 is 0 Å². The molecule has 0 amide bonds. The minimum atomic E-state index is 0.625. The molecule has 0 aliphatic rings. The third-order valence-corrected chi connectivity index (χ3v) is 11.2. The predicted molar refractivity (Wildman–Crippen MR) is 250 cm³/mol. The molecule has 286 valence electrons. The molecule has 5 nitrogen and oxygen atoms in total. The monoisotopic (exact) mass is 779 g/mol. The third-order valence-electron chi connectivity index (χ3n) is 11.2. The zero-order valence-corrected chi connectivity index (χ0v) is 33.1. The average Bonchev–Trinajstić information content (AvgIpc) is 3.76. The van der Waals surface area contributed by atoms with Crippen LogP contribution in [-0.4, -0.2) is 24.6 Å². The van der Waals surface area contributed by atoms with Crippen molar-refractivity contribution in [3.05, 3.63) is 224 Å². The highest BCUT2D eigenvalue weighted by Crippen LogP contribution is 2.44. The summed E-state index contributed by atoms with van der Waals surface area (Å²) in [5, 5.41) is 7.77. The van der Waals surface area contributed by atoms with Crippen LogP contribution >= 0.6 is 0 Å². The molecule has 0 fully saturated rings. The number of aromatic nitrogens is 5. The van der Waals surface area contributed by atoms with Crippen molar-refractivity contribution in [3.8, 4) is 90.1 Å². The van der Waals surface area contributed by atoms with Crippen LogP contribution < -0.4 is 0 Å². The van der Waals surface area contributed by atoms with Crippen LogP contribution in [0.2, 0.25) is 0 Å². The smallest absolute Gasteiger partial charge is 0.164 e. The number of hydrogen-bond acceptors (Lipinski definition) is 4. The second-order valence-electron chi connectivity index (χ2n) is 15.1. The first-order valence-corrected chi connectivity index (χ1v) is 20.5. The van der Waals surface area contributed by atoms with Crippen LogP contribution in [0.1, 0.15) is 0 Å². The largest absolute Gasteiger partial charge is 0.231 e. The Balaban J connectivity index is 1.10. The van der Waals surface area contributed by atoms with Crippen molar-refractivity contribution in [2.24, 2.45) is 0 Å². The van der Waals surface area contributed by atoms with Crippen molar-refractivity contribution < 1.29 is 0 Å². The van der Waals surface area contributed by atoms with E-state index in [4.69, 9.17) is 20.1 Å². The van der Waals surface area contributed by atoms with E-state index in [1.807, 2.05) is 60.7 Å². The van der Waals surface area contributed by atoms with Crippen LogP contribution in [0.25, 0.3) is 106 Å². The summed E-state index contributed by atoms with van der Waals surface area (Å²) in [6.07, 6.45) is 0. The van der Waals surface area contributed by atoms with Crippen LogP contribution in [0.15, 0.2) is 224 Å². The van der Waals surface area contributed by atoms with Gasteiger partial charge in [-0.05, 0) is 51.4 Å². The minimum Gasteiger partial charge on any atom is -0.231 e. The molecule has 3 heterocycles. The predicted octanol–water partition coefficient (Wildman–Crippen LogP) is 14.0. The van der Waals surface area contributed by atoms with E-state index in [0.29, 0.717) is 17.5 Å². The fraction of sp³-hybridized carbons (Fsp3) is 0. The van der Waals surface area contributed by atoms with Crippen molar-refractivity contribution in [3.63, 3.8) is 0 Å². The van der Waals surface area contributed by atoms with Gasteiger partial charge in [0.15, 0.2) is 17.5 Å². The number of benzene rings is 8. The normalized spacial score (nSPS) is 11.3. The Hall–Kier alpha value is -8.28. The van der Waals surface area contributed by atoms with Crippen LogP contribution in [0.4, 0.5) is 0 Å². The van der Waals surface area contributed by atoms with Crippen molar-refractivity contribution in [1.82, 2.24) is 24.6 Å². The molecule has 0 radical (unpaired) electrons. The highest BCUT2D eigenvalue weighted by atomic mass is 15.2. The molecule has 0 aliphatic carbocycles. The van der Waals surface area contributed by atoms with Crippen LogP contribution in [0.3, 0.4) is 0 Å². The van der Waals surface area contributed by atoms with Gasteiger partial charge in [0, 0.05) is 38.8 Å².